The third kappa shape index (κ3) is 1.78. The molecule has 0 bridgehead atoms. The van der Waals surface area contributed by atoms with Crippen LogP contribution >= 0.6 is 0 Å². The lowest BCUT2D eigenvalue weighted by molar-refractivity contribution is -0.226. The molecule has 0 spiro atoms. The fourth-order valence-electron chi connectivity index (χ4n) is 5.83. The summed E-state index contributed by atoms with van der Waals surface area (Å²) in [6.07, 6.45) is 5.25. The van der Waals surface area contributed by atoms with E-state index in [9.17, 15) is 9.90 Å². The Morgan fingerprint density at radius 1 is 1.05 bits per heavy atom. The van der Waals surface area contributed by atoms with E-state index in [0.717, 1.165) is 32.1 Å². The minimum Gasteiger partial charge on any atom is -0.459 e. The van der Waals surface area contributed by atoms with Crippen molar-refractivity contribution in [1.82, 2.24) is 0 Å². The van der Waals surface area contributed by atoms with Crippen molar-refractivity contribution in [3.63, 3.8) is 0 Å². The maximum Gasteiger partial charge on any atom is 0.306 e. The van der Waals surface area contributed by atoms with Crippen LogP contribution in [0.3, 0.4) is 0 Å². The van der Waals surface area contributed by atoms with Crippen LogP contribution in [0, 0.1) is 22.7 Å². The first-order chi connectivity index (χ1) is 9.20. The average Bonchev–Trinajstić information content (AvgIpc) is 2.33. The molecule has 3 heteroatoms. The van der Waals surface area contributed by atoms with E-state index in [0.29, 0.717) is 18.3 Å². The number of aliphatic hydroxyl groups excluding tert-OH is 1. The number of fused-ring (bicyclic) bond motifs is 3. The Morgan fingerprint density at radius 2 is 1.75 bits per heavy atom. The quantitative estimate of drug-likeness (QED) is 0.693. The Morgan fingerprint density at radius 3 is 2.45 bits per heavy atom. The van der Waals surface area contributed by atoms with E-state index >= 15 is 0 Å². The van der Waals surface area contributed by atoms with Crippen LogP contribution in [0.5, 0.6) is 0 Å². The van der Waals surface area contributed by atoms with E-state index in [1.165, 1.54) is 0 Å². The van der Waals surface area contributed by atoms with Crippen LogP contribution in [0.2, 0.25) is 0 Å². The van der Waals surface area contributed by atoms with Gasteiger partial charge in [0.2, 0.25) is 0 Å². The van der Waals surface area contributed by atoms with Crippen LogP contribution < -0.4 is 0 Å². The molecule has 3 nitrogen and oxygen atoms in total. The molecule has 0 radical (unpaired) electrons. The molecule has 3 aliphatic rings. The first kappa shape index (κ1) is 14.4. The highest BCUT2D eigenvalue weighted by atomic mass is 16.6. The van der Waals surface area contributed by atoms with Crippen molar-refractivity contribution in [1.29, 1.82) is 0 Å². The minimum absolute atomic E-state index is 0.0269. The highest BCUT2D eigenvalue weighted by Crippen LogP contribution is 2.64. The lowest BCUT2D eigenvalue weighted by Crippen LogP contribution is -2.62. The first-order valence-electron chi connectivity index (χ1n) is 8.10. The molecule has 1 saturated heterocycles. The minimum atomic E-state index is -0.279. The summed E-state index contributed by atoms with van der Waals surface area (Å²) < 4.78 is 5.79. The molecule has 3 rings (SSSR count). The number of carbonyl (C=O) groups excluding carboxylic acids is 1. The van der Waals surface area contributed by atoms with Gasteiger partial charge in [-0.3, -0.25) is 4.79 Å². The molecular formula is C17H28O3. The molecule has 3 fully saturated rings. The lowest BCUT2D eigenvalue weighted by atomic mass is 9.44. The average molecular weight is 280 g/mol. The van der Waals surface area contributed by atoms with Gasteiger partial charge in [0.05, 0.1) is 6.10 Å². The van der Waals surface area contributed by atoms with Crippen molar-refractivity contribution in [2.45, 2.75) is 77.9 Å². The van der Waals surface area contributed by atoms with E-state index in [1.807, 2.05) is 0 Å². The van der Waals surface area contributed by atoms with Gasteiger partial charge >= 0.3 is 5.97 Å². The summed E-state index contributed by atoms with van der Waals surface area (Å²) in [5.74, 6) is 0.938. The van der Waals surface area contributed by atoms with Gasteiger partial charge in [0.25, 0.3) is 0 Å². The summed E-state index contributed by atoms with van der Waals surface area (Å²) in [7, 11) is 0. The fraction of sp³-hybridized carbons (Fsp3) is 0.941. The van der Waals surface area contributed by atoms with Gasteiger partial charge in [0, 0.05) is 12.3 Å². The number of rotatable bonds is 0. The number of ether oxygens (including phenoxy) is 1. The van der Waals surface area contributed by atoms with Crippen molar-refractivity contribution in [3.8, 4) is 0 Å². The van der Waals surface area contributed by atoms with Crippen LogP contribution in [-0.2, 0) is 9.53 Å². The SMILES string of the molecule is CC1(C)[C@@H](O)CC[C@@]2(C)[C@H]1CC[C@]1(C)OC(=O)CC[C@@H]21. The molecule has 2 aliphatic carbocycles. The summed E-state index contributed by atoms with van der Waals surface area (Å²) >= 11 is 0. The summed E-state index contributed by atoms with van der Waals surface area (Å²) in [4.78, 5) is 11.7. The highest BCUT2D eigenvalue weighted by Gasteiger charge is 2.62. The largest absolute Gasteiger partial charge is 0.459 e. The third-order valence-corrected chi connectivity index (χ3v) is 6.96. The molecule has 114 valence electrons. The van der Waals surface area contributed by atoms with E-state index in [-0.39, 0.29) is 28.5 Å². The predicted molar refractivity (Wildman–Crippen MR) is 77.1 cm³/mol. The highest BCUT2D eigenvalue weighted by molar-refractivity contribution is 5.71. The van der Waals surface area contributed by atoms with Crippen LogP contribution in [0.4, 0.5) is 0 Å². The molecule has 0 unspecified atom stereocenters. The second kappa shape index (κ2) is 4.22. The summed E-state index contributed by atoms with van der Waals surface area (Å²) in [5, 5.41) is 10.4. The van der Waals surface area contributed by atoms with Crippen molar-refractivity contribution in [3.05, 3.63) is 0 Å². The second-order valence-electron chi connectivity index (χ2n) is 8.35. The van der Waals surface area contributed by atoms with Crippen LogP contribution in [0.1, 0.15) is 66.2 Å². The lowest BCUT2D eigenvalue weighted by Gasteiger charge is -2.63. The summed E-state index contributed by atoms with van der Waals surface area (Å²) in [6.45, 7) is 8.95. The molecule has 0 aromatic rings. The molecule has 0 aromatic carbocycles. The Labute approximate surface area is 122 Å². The third-order valence-electron chi connectivity index (χ3n) is 6.96. The molecule has 1 aliphatic heterocycles. The van der Waals surface area contributed by atoms with Gasteiger partial charge in [0.15, 0.2) is 0 Å². The number of hydrogen-bond acceptors (Lipinski definition) is 3. The Kier molecular flexibility index (Phi) is 3.03. The Bertz CT molecular complexity index is 430. The molecule has 5 atom stereocenters. The van der Waals surface area contributed by atoms with Gasteiger partial charge in [-0.05, 0) is 55.8 Å². The molecule has 1 heterocycles. The normalized spacial score (nSPS) is 50.9. The zero-order valence-electron chi connectivity index (χ0n) is 13.2. The van der Waals surface area contributed by atoms with Crippen LogP contribution in [0.25, 0.3) is 0 Å². The van der Waals surface area contributed by atoms with Crippen molar-refractivity contribution >= 4 is 5.97 Å². The number of carbonyl (C=O) groups is 1. The molecule has 1 N–H and O–H groups in total. The van der Waals surface area contributed by atoms with E-state index < -0.39 is 0 Å². The van der Waals surface area contributed by atoms with Gasteiger partial charge in [-0.25, -0.2) is 0 Å². The number of hydrogen-bond donors (Lipinski definition) is 1. The number of aliphatic hydroxyl groups is 1. The standard InChI is InChI=1S/C17H28O3/c1-15(2)11-7-10-17(4)12(5-6-14(19)20-17)16(11,3)9-8-13(15)18/h11-13,18H,5-10H2,1-4H3/t11-,12-,13-,16-,17-/m0/s1. The van der Waals surface area contributed by atoms with Crippen molar-refractivity contribution in [2.75, 3.05) is 0 Å². The van der Waals surface area contributed by atoms with Crippen molar-refractivity contribution < 1.29 is 14.6 Å². The molecule has 0 amide bonds. The fourth-order valence-corrected chi connectivity index (χ4v) is 5.83. The van der Waals surface area contributed by atoms with Gasteiger partial charge in [0.1, 0.15) is 5.60 Å². The number of esters is 1. The zero-order valence-corrected chi connectivity index (χ0v) is 13.2. The Hall–Kier alpha value is -0.570. The van der Waals surface area contributed by atoms with Crippen molar-refractivity contribution in [2.24, 2.45) is 22.7 Å². The van der Waals surface area contributed by atoms with Gasteiger partial charge in [-0.1, -0.05) is 20.8 Å². The van der Waals surface area contributed by atoms with E-state index in [2.05, 4.69) is 27.7 Å². The molecule has 0 aromatic heterocycles. The molecule has 2 saturated carbocycles. The Balaban J connectivity index is 1.97. The smallest absolute Gasteiger partial charge is 0.306 e. The van der Waals surface area contributed by atoms with Gasteiger partial charge in [-0.15, -0.1) is 0 Å². The maximum atomic E-state index is 11.7. The van der Waals surface area contributed by atoms with Gasteiger partial charge in [-0.2, -0.15) is 0 Å². The zero-order chi connectivity index (χ0) is 14.8. The van der Waals surface area contributed by atoms with Crippen LogP contribution in [-0.4, -0.2) is 22.8 Å². The van der Waals surface area contributed by atoms with E-state index in [4.69, 9.17) is 4.74 Å². The predicted octanol–water partition coefficient (Wildman–Crippen LogP) is 3.30. The molecule has 20 heavy (non-hydrogen) atoms. The van der Waals surface area contributed by atoms with Gasteiger partial charge < -0.3 is 9.84 Å². The topological polar surface area (TPSA) is 46.5 Å². The molecular weight excluding hydrogens is 252 g/mol. The maximum absolute atomic E-state index is 11.7. The van der Waals surface area contributed by atoms with E-state index in [1.54, 1.807) is 0 Å². The second-order valence-corrected chi connectivity index (χ2v) is 8.35. The summed E-state index contributed by atoms with van der Waals surface area (Å²) in [5.41, 5.74) is -0.120. The summed E-state index contributed by atoms with van der Waals surface area (Å²) in [6, 6.07) is 0. The monoisotopic (exact) mass is 280 g/mol. The van der Waals surface area contributed by atoms with Crippen LogP contribution in [0.15, 0.2) is 0 Å². The first-order valence-corrected chi connectivity index (χ1v) is 8.10.